The lowest BCUT2D eigenvalue weighted by Gasteiger charge is -2.25. The second-order valence-electron chi connectivity index (χ2n) is 6.06. The number of amides is 1. The number of carbonyl (C=O) groups is 1. The van der Waals surface area contributed by atoms with Crippen molar-refractivity contribution in [3.05, 3.63) is 29.3 Å². The topological polar surface area (TPSA) is 90.6 Å². The number of amidine groups is 1. The van der Waals surface area contributed by atoms with Gasteiger partial charge in [0.1, 0.15) is 6.42 Å². The summed E-state index contributed by atoms with van der Waals surface area (Å²) in [6.07, 6.45) is -0.279. The number of aliphatic imine (C=N–C) groups is 1. The number of hydrogen-bond acceptors (Lipinski definition) is 5. The van der Waals surface area contributed by atoms with Gasteiger partial charge in [0.05, 0.1) is 23.6 Å². The fraction of sp³-hybridized carbons (Fsp3) is 0.438. The Kier molecular flexibility index (Phi) is 4.40. The number of benzene rings is 1. The Morgan fingerprint density at radius 3 is 2.79 bits per heavy atom. The van der Waals surface area contributed by atoms with Crippen molar-refractivity contribution in [1.82, 2.24) is 0 Å². The van der Waals surface area contributed by atoms with E-state index >= 15 is 0 Å². The van der Waals surface area contributed by atoms with Crippen LogP contribution in [-0.2, 0) is 14.6 Å². The largest absolute Gasteiger partial charge is 0.316 e. The number of thioether (sulfide) groups is 1. The highest BCUT2D eigenvalue weighted by Gasteiger charge is 2.49. The standard InChI is InChI=1S/C16H17N3O3S2/c1-10-3-4-12(7-11(10)2)19-13-8-24(21,22)9-14(13)23-16(19)18-15(20)5-6-17/h3-4,7,13-14H,5,8-9H2,1-2H3/t13-,14-/m0/s1. The van der Waals surface area contributed by atoms with Crippen LogP contribution in [0.3, 0.4) is 0 Å². The van der Waals surface area contributed by atoms with E-state index in [1.54, 1.807) is 6.07 Å². The van der Waals surface area contributed by atoms with Gasteiger partial charge in [0.25, 0.3) is 5.91 Å². The third-order valence-electron chi connectivity index (χ3n) is 4.29. The summed E-state index contributed by atoms with van der Waals surface area (Å²) in [6, 6.07) is 7.44. The Morgan fingerprint density at radius 2 is 2.12 bits per heavy atom. The van der Waals surface area contributed by atoms with E-state index in [-0.39, 0.29) is 29.2 Å². The molecule has 0 aliphatic carbocycles. The highest BCUT2D eigenvalue weighted by atomic mass is 32.2. The summed E-state index contributed by atoms with van der Waals surface area (Å²) in [7, 11) is -3.08. The van der Waals surface area contributed by atoms with Gasteiger partial charge in [0.15, 0.2) is 15.0 Å². The van der Waals surface area contributed by atoms with E-state index < -0.39 is 15.7 Å². The molecule has 24 heavy (non-hydrogen) atoms. The van der Waals surface area contributed by atoms with Gasteiger partial charge in [-0.25, -0.2) is 8.42 Å². The molecule has 1 aromatic rings. The van der Waals surface area contributed by atoms with Crippen LogP contribution in [0, 0.1) is 25.2 Å². The quantitative estimate of drug-likeness (QED) is 0.796. The van der Waals surface area contributed by atoms with Crippen LogP contribution in [0.25, 0.3) is 0 Å². The summed E-state index contributed by atoms with van der Waals surface area (Å²) in [5.41, 5.74) is 3.06. The average Bonchev–Trinajstić information content (AvgIpc) is 2.93. The predicted octanol–water partition coefficient (Wildman–Crippen LogP) is 1.82. The van der Waals surface area contributed by atoms with E-state index in [0.29, 0.717) is 5.17 Å². The number of nitriles is 1. The number of rotatable bonds is 2. The number of anilines is 1. The fourth-order valence-electron chi connectivity index (χ4n) is 2.96. The highest BCUT2D eigenvalue weighted by molar-refractivity contribution is 8.16. The van der Waals surface area contributed by atoms with Crippen molar-refractivity contribution >= 4 is 38.4 Å². The summed E-state index contributed by atoms with van der Waals surface area (Å²) in [6.45, 7) is 3.99. The zero-order valence-corrected chi connectivity index (χ0v) is 15.0. The zero-order chi connectivity index (χ0) is 17.5. The normalized spacial score (nSPS) is 26.4. The maximum absolute atomic E-state index is 12.0. The van der Waals surface area contributed by atoms with Gasteiger partial charge < -0.3 is 4.90 Å². The lowest BCUT2D eigenvalue weighted by atomic mass is 10.1. The van der Waals surface area contributed by atoms with Crippen LogP contribution in [0.15, 0.2) is 23.2 Å². The maximum Gasteiger partial charge on any atom is 0.262 e. The molecule has 0 N–H and O–H groups in total. The molecule has 2 fully saturated rings. The molecule has 0 saturated carbocycles. The lowest BCUT2D eigenvalue weighted by Crippen LogP contribution is -2.37. The molecule has 8 heteroatoms. The minimum Gasteiger partial charge on any atom is -0.316 e. The molecule has 1 aromatic carbocycles. The fourth-order valence-corrected chi connectivity index (χ4v) is 6.89. The summed E-state index contributed by atoms with van der Waals surface area (Å²) in [5, 5.41) is 9.01. The minimum absolute atomic E-state index is 0.0586. The van der Waals surface area contributed by atoms with Gasteiger partial charge in [0.2, 0.25) is 0 Å². The van der Waals surface area contributed by atoms with Gasteiger partial charge in [-0.15, -0.1) is 0 Å². The van der Waals surface area contributed by atoms with Crippen LogP contribution in [0.2, 0.25) is 0 Å². The van der Waals surface area contributed by atoms with Gasteiger partial charge in [0, 0.05) is 10.9 Å². The van der Waals surface area contributed by atoms with Gasteiger partial charge >= 0.3 is 0 Å². The number of aryl methyl sites for hydroxylation is 2. The molecular formula is C16H17N3O3S2. The van der Waals surface area contributed by atoms with Gasteiger partial charge in [-0.05, 0) is 37.1 Å². The van der Waals surface area contributed by atoms with Crippen molar-refractivity contribution in [2.45, 2.75) is 31.6 Å². The molecule has 2 aliphatic rings. The molecule has 2 atom stereocenters. The molecule has 2 saturated heterocycles. The number of fused-ring (bicyclic) bond motifs is 1. The van der Waals surface area contributed by atoms with Crippen molar-refractivity contribution in [2.24, 2.45) is 4.99 Å². The molecule has 0 aromatic heterocycles. The van der Waals surface area contributed by atoms with Crippen LogP contribution in [0.4, 0.5) is 5.69 Å². The number of sulfone groups is 1. The predicted molar refractivity (Wildman–Crippen MR) is 94.9 cm³/mol. The number of carbonyl (C=O) groups excluding carboxylic acids is 1. The molecule has 1 amide bonds. The monoisotopic (exact) mass is 363 g/mol. The second kappa shape index (κ2) is 6.22. The Labute approximate surface area is 145 Å². The van der Waals surface area contributed by atoms with Crippen LogP contribution in [0.1, 0.15) is 17.5 Å². The molecular weight excluding hydrogens is 346 g/mol. The second-order valence-corrected chi connectivity index (χ2v) is 9.42. The minimum atomic E-state index is -3.08. The Morgan fingerprint density at radius 1 is 1.38 bits per heavy atom. The lowest BCUT2D eigenvalue weighted by molar-refractivity contribution is -0.116. The summed E-state index contributed by atoms with van der Waals surface area (Å²) in [5.74, 6) is -0.352. The van der Waals surface area contributed by atoms with Crippen molar-refractivity contribution < 1.29 is 13.2 Å². The third-order valence-corrected chi connectivity index (χ3v) is 7.50. The van der Waals surface area contributed by atoms with E-state index in [9.17, 15) is 13.2 Å². The van der Waals surface area contributed by atoms with E-state index in [2.05, 4.69) is 4.99 Å². The molecule has 0 spiro atoms. The summed E-state index contributed by atoms with van der Waals surface area (Å²) in [4.78, 5) is 17.7. The zero-order valence-electron chi connectivity index (χ0n) is 13.4. The van der Waals surface area contributed by atoms with Crippen molar-refractivity contribution in [2.75, 3.05) is 16.4 Å². The molecule has 0 bridgehead atoms. The third kappa shape index (κ3) is 3.19. The molecule has 0 radical (unpaired) electrons. The van der Waals surface area contributed by atoms with Crippen molar-refractivity contribution in [3.8, 4) is 6.07 Å². The van der Waals surface area contributed by atoms with Crippen LogP contribution in [-0.4, -0.2) is 42.3 Å². The van der Waals surface area contributed by atoms with Crippen LogP contribution < -0.4 is 4.90 Å². The SMILES string of the molecule is Cc1ccc(N2C(=NC(=O)CC#N)S[C@H]3CS(=O)(=O)C[C@@H]32)cc1C. The Balaban J connectivity index is 2.03. The highest BCUT2D eigenvalue weighted by Crippen LogP contribution is 2.41. The molecule has 3 rings (SSSR count). The van der Waals surface area contributed by atoms with Crippen molar-refractivity contribution in [1.29, 1.82) is 5.26 Å². The molecule has 2 heterocycles. The van der Waals surface area contributed by atoms with E-state index in [1.807, 2.05) is 36.9 Å². The number of hydrogen-bond donors (Lipinski definition) is 0. The van der Waals surface area contributed by atoms with Crippen molar-refractivity contribution in [3.63, 3.8) is 0 Å². The Hall–Kier alpha value is -1.85. The van der Waals surface area contributed by atoms with Gasteiger partial charge in [-0.1, -0.05) is 17.8 Å². The van der Waals surface area contributed by atoms with Crippen LogP contribution >= 0.6 is 11.8 Å². The van der Waals surface area contributed by atoms with E-state index in [0.717, 1.165) is 16.8 Å². The van der Waals surface area contributed by atoms with Gasteiger partial charge in [-0.2, -0.15) is 10.3 Å². The first-order valence-electron chi connectivity index (χ1n) is 7.53. The van der Waals surface area contributed by atoms with E-state index in [4.69, 9.17) is 5.26 Å². The first-order chi connectivity index (χ1) is 11.3. The smallest absolute Gasteiger partial charge is 0.262 e. The van der Waals surface area contributed by atoms with Crippen LogP contribution in [0.5, 0.6) is 0 Å². The first kappa shape index (κ1) is 17.0. The first-order valence-corrected chi connectivity index (χ1v) is 10.2. The molecule has 0 unspecified atom stereocenters. The van der Waals surface area contributed by atoms with Gasteiger partial charge in [-0.3, -0.25) is 4.79 Å². The summed E-state index contributed by atoms with van der Waals surface area (Å²) >= 11 is 1.32. The molecule has 6 nitrogen and oxygen atoms in total. The molecule has 126 valence electrons. The van der Waals surface area contributed by atoms with E-state index in [1.165, 1.54) is 11.8 Å². The maximum atomic E-state index is 12.0. The Bertz CT molecular complexity index is 871. The summed E-state index contributed by atoms with van der Waals surface area (Å²) < 4.78 is 24.0. The molecule has 2 aliphatic heterocycles. The average molecular weight is 363 g/mol. The number of nitrogens with zero attached hydrogens (tertiary/aromatic N) is 3.